The second-order valence-corrected chi connectivity index (χ2v) is 3.28. The summed E-state index contributed by atoms with van der Waals surface area (Å²) in [5.41, 5.74) is 7.71. The molecule has 0 atom stereocenters. The molecule has 3 heteroatoms. The monoisotopic (exact) mass is 201 g/mol. The molecule has 3 nitrogen and oxygen atoms in total. The maximum Gasteiger partial charge on any atom is 0.123 e. The molecule has 0 saturated carbocycles. The SMILES string of the molecule is Cc1ccc(N)nc1.Cc1ccncc1. The van der Waals surface area contributed by atoms with Crippen LogP contribution < -0.4 is 5.73 Å². The van der Waals surface area contributed by atoms with Crippen LogP contribution >= 0.6 is 0 Å². The molecule has 0 saturated heterocycles. The number of hydrogen-bond acceptors (Lipinski definition) is 3. The van der Waals surface area contributed by atoms with Crippen LogP contribution in [-0.4, -0.2) is 9.97 Å². The zero-order chi connectivity index (χ0) is 11.1. The van der Waals surface area contributed by atoms with E-state index in [1.807, 2.05) is 32.0 Å². The molecule has 0 fully saturated rings. The van der Waals surface area contributed by atoms with E-state index in [9.17, 15) is 0 Å². The lowest BCUT2D eigenvalue weighted by atomic mass is 10.3. The summed E-state index contributed by atoms with van der Waals surface area (Å²) in [5.74, 6) is 0.579. The van der Waals surface area contributed by atoms with Gasteiger partial charge in [-0.05, 0) is 43.2 Å². The van der Waals surface area contributed by atoms with Crippen LogP contribution in [0.5, 0.6) is 0 Å². The lowest BCUT2D eigenvalue weighted by molar-refractivity contribution is 1.28. The van der Waals surface area contributed by atoms with Crippen LogP contribution in [0.4, 0.5) is 5.82 Å². The van der Waals surface area contributed by atoms with Gasteiger partial charge in [-0.15, -0.1) is 0 Å². The van der Waals surface area contributed by atoms with Gasteiger partial charge >= 0.3 is 0 Å². The van der Waals surface area contributed by atoms with Crippen LogP contribution in [0.1, 0.15) is 11.1 Å². The van der Waals surface area contributed by atoms with Gasteiger partial charge in [-0.25, -0.2) is 4.98 Å². The highest BCUT2D eigenvalue weighted by atomic mass is 14.8. The Balaban J connectivity index is 0.000000151. The molecule has 2 N–H and O–H groups in total. The topological polar surface area (TPSA) is 51.8 Å². The minimum absolute atomic E-state index is 0.579. The standard InChI is InChI=1S/C6H8N2.C6H7N/c1-5-2-3-6(7)8-4-5;1-6-2-4-7-5-3-6/h2-4H,1H3,(H2,7,8);2-5H,1H3. The molecule has 0 spiro atoms. The minimum atomic E-state index is 0.579. The lowest BCUT2D eigenvalue weighted by Gasteiger charge is -1.89. The van der Waals surface area contributed by atoms with Crippen molar-refractivity contribution in [2.75, 3.05) is 5.73 Å². The van der Waals surface area contributed by atoms with E-state index in [-0.39, 0.29) is 0 Å². The number of hydrogen-bond donors (Lipinski definition) is 1. The fourth-order valence-electron chi connectivity index (χ4n) is 0.906. The summed E-state index contributed by atoms with van der Waals surface area (Å²) < 4.78 is 0. The Bertz CT molecular complexity index is 360. The van der Waals surface area contributed by atoms with Gasteiger partial charge in [0.1, 0.15) is 5.82 Å². The van der Waals surface area contributed by atoms with Crippen LogP contribution in [-0.2, 0) is 0 Å². The van der Waals surface area contributed by atoms with Crippen molar-refractivity contribution in [1.82, 2.24) is 9.97 Å². The summed E-state index contributed by atoms with van der Waals surface area (Å²) in [5, 5.41) is 0. The molecule has 2 heterocycles. The van der Waals surface area contributed by atoms with Crippen LogP contribution in [0.3, 0.4) is 0 Å². The Morgan fingerprint density at radius 3 is 1.93 bits per heavy atom. The molecular formula is C12H15N3. The molecular weight excluding hydrogens is 186 g/mol. The third-order valence-corrected chi connectivity index (χ3v) is 1.78. The van der Waals surface area contributed by atoms with Gasteiger partial charge in [-0.1, -0.05) is 6.07 Å². The molecule has 0 aliphatic rings. The molecule has 78 valence electrons. The van der Waals surface area contributed by atoms with Crippen molar-refractivity contribution in [3.05, 3.63) is 54.0 Å². The van der Waals surface area contributed by atoms with Crippen molar-refractivity contribution in [3.63, 3.8) is 0 Å². The summed E-state index contributed by atoms with van der Waals surface area (Å²) in [6, 6.07) is 7.66. The minimum Gasteiger partial charge on any atom is -0.384 e. The van der Waals surface area contributed by atoms with Gasteiger partial charge in [0.2, 0.25) is 0 Å². The Hall–Kier alpha value is -1.90. The second-order valence-electron chi connectivity index (χ2n) is 3.28. The zero-order valence-corrected chi connectivity index (χ0v) is 9.01. The Kier molecular flexibility index (Phi) is 4.29. The number of pyridine rings is 2. The van der Waals surface area contributed by atoms with Crippen LogP contribution in [0.15, 0.2) is 42.9 Å². The summed E-state index contributed by atoms with van der Waals surface area (Å²) in [6.07, 6.45) is 5.32. The largest absolute Gasteiger partial charge is 0.384 e. The van der Waals surface area contributed by atoms with Gasteiger partial charge in [0.25, 0.3) is 0 Å². The number of nitrogen functional groups attached to an aromatic ring is 1. The van der Waals surface area contributed by atoms with Gasteiger partial charge in [-0.3, -0.25) is 4.98 Å². The van der Waals surface area contributed by atoms with Crippen LogP contribution in [0, 0.1) is 13.8 Å². The van der Waals surface area contributed by atoms with Crippen molar-refractivity contribution in [1.29, 1.82) is 0 Å². The number of rotatable bonds is 0. The molecule has 15 heavy (non-hydrogen) atoms. The normalized spacial score (nSPS) is 8.93. The van der Waals surface area contributed by atoms with Gasteiger partial charge < -0.3 is 5.73 Å². The van der Waals surface area contributed by atoms with Gasteiger partial charge in [0.05, 0.1) is 0 Å². The molecule has 0 aromatic carbocycles. The second kappa shape index (κ2) is 5.75. The third-order valence-electron chi connectivity index (χ3n) is 1.78. The maximum absolute atomic E-state index is 5.32. The first-order valence-electron chi connectivity index (χ1n) is 4.73. The fraction of sp³-hybridized carbons (Fsp3) is 0.167. The van der Waals surface area contributed by atoms with Gasteiger partial charge in [-0.2, -0.15) is 0 Å². The first-order chi connectivity index (χ1) is 7.18. The summed E-state index contributed by atoms with van der Waals surface area (Å²) in [4.78, 5) is 7.70. The smallest absolute Gasteiger partial charge is 0.123 e. The average Bonchev–Trinajstić information content (AvgIpc) is 2.25. The van der Waals surface area contributed by atoms with E-state index in [0.29, 0.717) is 5.82 Å². The van der Waals surface area contributed by atoms with E-state index < -0.39 is 0 Å². The quantitative estimate of drug-likeness (QED) is 0.711. The van der Waals surface area contributed by atoms with E-state index in [0.717, 1.165) is 5.56 Å². The molecule has 2 aromatic heterocycles. The average molecular weight is 201 g/mol. The molecule has 2 rings (SSSR count). The van der Waals surface area contributed by atoms with Crippen LogP contribution in [0.25, 0.3) is 0 Å². The molecule has 0 unspecified atom stereocenters. The van der Waals surface area contributed by atoms with Crippen molar-refractivity contribution in [3.8, 4) is 0 Å². The highest BCUT2D eigenvalue weighted by Crippen LogP contribution is 1.97. The number of anilines is 1. The maximum atomic E-state index is 5.32. The van der Waals surface area contributed by atoms with E-state index in [2.05, 4.69) is 9.97 Å². The van der Waals surface area contributed by atoms with E-state index in [1.165, 1.54) is 5.56 Å². The third kappa shape index (κ3) is 4.76. The number of aryl methyl sites for hydroxylation is 2. The van der Waals surface area contributed by atoms with E-state index in [1.54, 1.807) is 24.7 Å². The first kappa shape index (κ1) is 11.2. The van der Waals surface area contributed by atoms with Crippen LogP contribution in [0.2, 0.25) is 0 Å². The zero-order valence-electron chi connectivity index (χ0n) is 9.01. The summed E-state index contributed by atoms with van der Waals surface area (Å²) in [6.45, 7) is 4.02. The Morgan fingerprint density at radius 2 is 1.60 bits per heavy atom. The molecule has 0 aliphatic carbocycles. The highest BCUT2D eigenvalue weighted by molar-refractivity contribution is 5.28. The van der Waals surface area contributed by atoms with E-state index in [4.69, 9.17) is 5.73 Å². The Labute approximate surface area is 90.0 Å². The summed E-state index contributed by atoms with van der Waals surface area (Å²) >= 11 is 0. The molecule has 0 radical (unpaired) electrons. The van der Waals surface area contributed by atoms with Crippen molar-refractivity contribution >= 4 is 5.82 Å². The first-order valence-corrected chi connectivity index (χ1v) is 4.73. The van der Waals surface area contributed by atoms with Gasteiger partial charge in [0, 0.05) is 18.6 Å². The highest BCUT2D eigenvalue weighted by Gasteiger charge is 1.81. The number of nitrogens with zero attached hydrogens (tertiary/aromatic N) is 2. The molecule has 0 bridgehead atoms. The molecule has 2 aromatic rings. The van der Waals surface area contributed by atoms with Crippen molar-refractivity contribution in [2.24, 2.45) is 0 Å². The lowest BCUT2D eigenvalue weighted by Crippen LogP contribution is -1.87. The van der Waals surface area contributed by atoms with E-state index >= 15 is 0 Å². The predicted molar refractivity (Wildman–Crippen MR) is 62.4 cm³/mol. The predicted octanol–water partition coefficient (Wildman–Crippen LogP) is 2.36. The fourth-order valence-corrected chi connectivity index (χ4v) is 0.906. The molecule has 0 aliphatic heterocycles. The van der Waals surface area contributed by atoms with Crippen molar-refractivity contribution in [2.45, 2.75) is 13.8 Å². The van der Waals surface area contributed by atoms with Crippen molar-refractivity contribution < 1.29 is 0 Å². The number of nitrogens with two attached hydrogens (primary N) is 1. The summed E-state index contributed by atoms with van der Waals surface area (Å²) in [7, 11) is 0. The number of aromatic nitrogens is 2. The van der Waals surface area contributed by atoms with Gasteiger partial charge in [0.15, 0.2) is 0 Å². The Morgan fingerprint density at radius 1 is 0.933 bits per heavy atom. The molecule has 0 amide bonds.